The van der Waals surface area contributed by atoms with Gasteiger partial charge in [-0.3, -0.25) is 4.79 Å². The lowest BCUT2D eigenvalue weighted by Gasteiger charge is -1.96. The number of carbonyl (C=O) groups excluding carboxylic acids is 1. The lowest BCUT2D eigenvalue weighted by molar-refractivity contribution is -0.116. The Bertz CT molecular complexity index is 234. The second-order valence-electron chi connectivity index (χ2n) is 2.55. The summed E-state index contributed by atoms with van der Waals surface area (Å²) in [7, 11) is 0. The molecule has 0 bridgehead atoms. The Morgan fingerprint density at radius 3 is 2.40 bits per heavy atom. The fourth-order valence-electron chi connectivity index (χ4n) is 0.916. The molecule has 0 saturated heterocycles. The highest BCUT2D eigenvalue weighted by molar-refractivity contribution is 6.12. The van der Waals surface area contributed by atoms with Gasteiger partial charge in [0.1, 0.15) is 5.84 Å². The Morgan fingerprint density at radius 2 is 2.20 bits per heavy atom. The van der Waals surface area contributed by atoms with E-state index < -0.39 is 0 Å². The standard InChI is InChI=1S/C7H10N2O/c1-4(2)5-3-6(10)9-7(5)8/h3H2,1-2H3,(H2,8,9,10). The van der Waals surface area contributed by atoms with Gasteiger partial charge in [0.15, 0.2) is 0 Å². The van der Waals surface area contributed by atoms with Crippen LogP contribution in [-0.2, 0) is 4.79 Å². The zero-order valence-corrected chi connectivity index (χ0v) is 6.14. The minimum Gasteiger partial charge on any atom is -0.383 e. The maximum Gasteiger partial charge on any atom is 0.252 e. The second-order valence-corrected chi connectivity index (χ2v) is 2.55. The highest BCUT2D eigenvalue weighted by Gasteiger charge is 2.17. The van der Waals surface area contributed by atoms with Crippen molar-refractivity contribution in [3.05, 3.63) is 11.1 Å². The van der Waals surface area contributed by atoms with Crippen molar-refractivity contribution in [2.75, 3.05) is 0 Å². The van der Waals surface area contributed by atoms with E-state index in [1.54, 1.807) is 0 Å². The highest BCUT2D eigenvalue weighted by Crippen LogP contribution is 2.15. The van der Waals surface area contributed by atoms with E-state index in [4.69, 9.17) is 5.73 Å². The van der Waals surface area contributed by atoms with Crippen LogP contribution in [0.3, 0.4) is 0 Å². The lowest BCUT2D eigenvalue weighted by atomic mass is 10.1. The number of aliphatic imine (C=N–C) groups is 1. The van der Waals surface area contributed by atoms with Crippen LogP contribution in [0.25, 0.3) is 0 Å². The zero-order valence-electron chi connectivity index (χ0n) is 6.14. The summed E-state index contributed by atoms with van der Waals surface area (Å²) in [6.45, 7) is 3.85. The number of nitrogens with zero attached hydrogens (tertiary/aromatic N) is 1. The molecule has 0 aromatic heterocycles. The van der Waals surface area contributed by atoms with Gasteiger partial charge in [0.25, 0.3) is 5.91 Å². The lowest BCUT2D eigenvalue weighted by Crippen LogP contribution is -2.10. The molecule has 1 aliphatic rings. The SMILES string of the molecule is CC(C)=C1CC(=O)N=C1N. The molecular weight excluding hydrogens is 128 g/mol. The average Bonchev–Trinajstić information content (AvgIpc) is 2.10. The number of hydrogen-bond acceptors (Lipinski definition) is 2. The summed E-state index contributed by atoms with van der Waals surface area (Å²) in [5.74, 6) is 0.263. The van der Waals surface area contributed by atoms with Crippen LogP contribution in [0.1, 0.15) is 20.3 Å². The minimum atomic E-state index is -0.131. The number of amides is 1. The predicted octanol–water partition coefficient (Wildman–Crippen LogP) is 0.610. The van der Waals surface area contributed by atoms with E-state index in [1.807, 2.05) is 13.8 Å². The number of hydrogen-bond donors (Lipinski definition) is 1. The first-order valence-electron chi connectivity index (χ1n) is 3.15. The Labute approximate surface area is 59.6 Å². The Hall–Kier alpha value is -1.12. The molecule has 54 valence electrons. The Morgan fingerprint density at radius 1 is 1.60 bits per heavy atom. The van der Waals surface area contributed by atoms with Crippen LogP contribution >= 0.6 is 0 Å². The van der Waals surface area contributed by atoms with Crippen molar-refractivity contribution in [2.24, 2.45) is 10.7 Å². The first kappa shape index (κ1) is 6.99. The molecule has 1 amide bonds. The van der Waals surface area contributed by atoms with Gasteiger partial charge in [-0.15, -0.1) is 0 Å². The number of carbonyl (C=O) groups is 1. The van der Waals surface area contributed by atoms with E-state index in [0.717, 1.165) is 11.1 Å². The molecule has 0 unspecified atom stereocenters. The van der Waals surface area contributed by atoms with Gasteiger partial charge in [0.05, 0.1) is 6.42 Å². The van der Waals surface area contributed by atoms with Gasteiger partial charge in [0.2, 0.25) is 0 Å². The van der Waals surface area contributed by atoms with Crippen molar-refractivity contribution in [3.8, 4) is 0 Å². The van der Waals surface area contributed by atoms with Crippen LogP contribution in [0.5, 0.6) is 0 Å². The van der Waals surface area contributed by atoms with E-state index in [0.29, 0.717) is 12.3 Å². The van der Waals surface area contributed by atoms with Crippen LogP contribution in [0.2, 0.25) is 0 Å². The quantitative estimate of drug-likeness (QED) is 0.533. The third kappa shape index (κ3) is 1.07. The van der Waals surface area contributed by atoms with Crippen LogP contribution in [-0.4, -0.2) is 11.7 Å². The summed E-state index contributed by atoms with van der Waals surface area (Å²) in [6.07, 6.45) is 0.383. The third-order valence-electron chi connectivity index (χ3n) is 1.49. The highest BCUT2D eigenvalue weighted by atomic mass is 16.1. The van der Waals surface area contributed by atoms with Gasteiger partial charge < -0.3 is 5.73 Å². The van der Waals surface area contributed by atoms with Gasteiger partial charge in [-0.25, -0.2) is 0 Å². The molecule has 0 aliphatic carbocycles. The molecule has 1 aliphatic heterocycles. The summed E-state index contributed by atoms with van der Waals surface area (Å²) >= 11 is 0. The van der Waals surface area contributed by atoms with E-state index in [2.05, 4.69) is 4.99 Å². The van der Waals surface area contributed by atoms with Crippen LogP contribution in [0.15, 0.2) is 16.1 Å². The van der Waals surface area contributed by atoms with Crippen LogP contribution in [0.4, 0.5) is 0 Å². The first-order valence-corrected chi connectivity index (χ1v) is 3.15. The molecule has 0 saturated carbocycles. The predicted molar refractivity (Wildman–Crippen MR) is 39.6 cm³/mol. The van der Waals surface area contributed by atoms with Gasteiger partial charge >= 0.3 is 0 Å². The van der Waals surface area contributed by atoms with Crippen LogP contribution in [0, 0.1) is 0 Å². The molecule has 0 aromatic carbocycles. The first-order chi connectivity index (χ1) is 4.61. The monoisotopic (exact) mass is 138 g/mol. The Kier molecular flexibility index (Phi) is 1.57. The molecule has 3 nitrogen and oxygen atoms in total. The molecule has 0 fully saturated rings. The number of nitrogens with two attached hydrogens (primary N) is 1. The minimum absolute atomic E-state index is 0.131. The topological polar surface area (TPSA) is 55.5 Å². The molecule has 2 N–H and O–H groups in total. The normalized spacial score (nSPS) is 17.6. The fraction of sp³-hybridized carbons (Fsp3) is 0.429. The van der Waals surface area contributed by atoms with Gasteiger partial charge in [-0.05, 0) is 13.8 Å². The molecule has 1 rings (SSSR count). The summed E-state index contributed by atoms with van der Waals surface area (Å²) in [5, 5.41) is 0. The maximum absolute atomic E-state index is 10.7. The molecule has 0 radical (unpaired) electrons. The molecule has 0 spiro atoms. The van der Waals surface area contributed by atoms with Crippen molar-refractivity contribution >= 4 is 11.7 Å². The maximum atomic E-state index is 10.7. The molecule has 10 heavy (non-hydrogen) atoms. The second kappa shape index (κ2) is 2.25. The van der Waals surface area contributed by atoms with Crippen LogP contribution < -0.4 is 5.73 Å². The van der Waals surface area contributed by atoms with Crippen molar-refractivity contribution in [1.82, 2.24) is 0 Å². The summed E-state index contributed by atoms with van der Waals surface area (Å²) in [4.78, 5) is 14.3. The molecule has 0 atom stereocenters. The van der Waals surface area contributed by atoms with Crippen molar-refractivity contribution in [2.45, 2.75) is 20.3 Å². The largest absolute Gasteiger partial charge is 0.383 e. The van der Waals surface area contributed by atoms with Crippen molar-refractivity contribution < 1.29 is 4.79 Å². The molecular formula is C7H10N2O. The fourth-order valence-corrected chi connectivity index (χ4v) is 0.916. The summed E-state index contributed by atoms with van der Waals surface area (Å²) in [5.41, 5.74) is 7.41. The number of allylic oxidation sites excluding steroid dienone is 1. The Balaban J connectivity index is 2.99. The van der Waals surface area contributed by atoms with Gasteiger partial charge in [0, 0.05) is 5.57 Å². The van der Waals surface area contributed by atoms with Crippen molar-refractivity contribution in [3.63, 3.8) is 0 Å². The number of rotatable bonds is 0. The molecule has 0 aromatic rings. The summed E-state index contributed by atoms with van der Waals surface area (Å²) in [6, 6.07) is 0. The average molecular weight is 138 g/mol. The van der Waals surface area contributed by atoms with E-state index in [1.165, 1.54) is 0 Å². The number of amidine groups is 1. The smallest absolute Gasteiger partial charge is 0.252 e. The molecule has 3 heteroatoms. The van der Waals surface area contributed by atoms with Gasteiger partial charge in [-0.2, -0.15) is 4.99 Å². The summed E-state index contributed by atoms with van der Waals surface area (Å²) < 4.78 is 0. The van der Waals surface area contributed by atoms with E-state index in [9.17, 15) is 4.79 Å². The van der Waals surface area contributed by atoms with E-state index in [-0.39, 0.29) is 5.91 Å². The van der Waals surface area contributed by atoms with Gasteiger partial charge in [-0.1, -0.05) is 5.57 Å². The zero-order chi connectivity index (χ0) is 7.72. The molecule has 1 heterocycles. The van der Waals surface area contributed by atoms with E-state index >= 15 is 0 Å². The van der Waals surface area contributed by atoms with Crippen molar-refractivity contribution in [1.29, 1.82) is 0 Å². The third-order valence-corrected chi connectivity index (χ3v) is 1.49.